The number of benzene rings is 1. The minimum absolute atomic E-state index is 0.0382. The molecule has 1 amide bonds. The Balaban J connectivity index is 1.81. The van der Waals surface area contributed by atoms with Crippen molar-refractivity contribution < 1.29 is 14.7 Å². The fourth-order valence-corrected chi connectivity index (χ4v) is 3.00. The van der Waals surface area contributed by atoms with Crippen molar-refractivity contribution in [1.82, 2.24) is 14.7 Å². The third kappa shape index (κ3) is 3.26. The van der Waals surface area contributed by atoms with Crippen molar-refractivity contribution in [2.24, 2.45) is 5.92 Å². The molecule has 1 unspecified atom stereocenters. The fourth-order valence-electron chi connectivity index (χ4n) is 3.00. The summed E-state index contributed by atoms with van der Waals surface area (Å²) < 4.78 is 1.65. The van der Waals surface area contributed by atoms with Gasteiger partial charge in [0, 0.05) is 25.5 Å². The van der Waals surface area contributed by atoms with Crippen LogP contribution in [0.25, 0.3) is 0 Å². The largest absolute Gasteiger partial charge is 0.481 e. The van der Waals surface area contributed by atoms with Crippen LogP contribution in [0.5, 0.6) is 0 Å². The zero-order valence-corrected chi connectivity index (χ0v) is 12.7. The molecule has 0 spiro atoms. The van der Waals surface area contributed by atoms with Gasteiger partial charge in [-0.3, -0.25) is 14.3 Å². The first-order valence-corrected chi connectivity index (χ1v) is 7.72. The van der Waals surface area contributed by atoms with Crippen LogP contribution < -0.4 is 0 Å². The standard InChI is InChI=1S/C17H19N3O3/c21-16(19-11-7-14(8-12-19)17(22)23)15(20-10-4-9-18-20)13-5-2-1-3-6-13/h1-6,9-10,14-15H,7-8,11-12H2,(H,22,23). The fraction of sp³-hybridized carbons (Fsp3) is 0.353. The highest BCUT2D eigenvalue weighted by Gasteiger charge is 2.32. The summed E-state index contributed by atoms with van der Waals surface area (Å²) >= 11 is 0. The monoisotopic (exact) mass is 313 g/mol. The molecule has 1 fully saturated rings. The van der Waals surface area contributed by atoms with Crippen LogP contribution in [-0.4, -0.2) is 44.8 Å². The van der Waals surface area contributed by atoms with E-state index in [4.69, 9.17) is 5.11 Å². The quantitative estimate of drug-likeness (QED) is 0.934. The molecule has 120 valence electrons. The van der Waals surface area contributed by atoms with Crippen molar-refractivity contribution in [2.75, 3.05) is 13.1 Å². The lowest BCUT2D eigenvalue weighted by Gasteiger charge is -2.33. The summed E-state index contributed by atoms with van der Waals surface area (Å²) in [6.07, 6.45) is 4.43. The van der Waals surface area contributed by atoms with Gasteiger partial charge in [-0.15, -0.1) is 0 Å². The first-order valence-electron chi connectivity index (χ1n) is 7.72. The van der Waals surface area contributed by atoms with E-state index in [1.165, 1.54) is 0 Å². The highest BCUT2D eigenvalue weighted by molar-refractivity contribution is 5.84. The summed E-state index contributed by atoms with van der Waals surface area (Å²) in [5, 5.41) is 13.3. The molecule has 1 aromatic heterocycles. The molecule has 2 aromatic rings. The Bertz CT molecular complexity index is 662. The normalized spacial score (nSPS) is 17.0. The van der Waals surface area contributed by atoms with Crippen molar-refractivity contribution in [1.29, 1.82) is 0 Å². The van der Waals surface area contributed by atoms with Crippen molar-refractivity contribution in [2.45, 2.75) is 18.9 Å². The van der Waals surface area contributed by atoms with Gasteiger partial charge in [0.2, 0.25) is 0 Å². The molecule has 3 rings (SSSR count). The molecule has 1 aromatic carbocycles. The average molecular weight is 313 g/mol. The van der Waals surface area contributed by atoms with Gasteiger partial charge in [0.1, 0.15) is 0 Å². The van der Waals surface area contributed by atoms with Crippen LogP contribution in [0.4, 0.5) is 0 Å². The molecule has 23 heavy (non-hydrogen) atoms. The smallest absolute Gasteiger partial charge is 0.306 e. The SMILES string of the molecule is O=C(O)C1CCN(C(=O)C(c2ccccc2)n2cccn2)CC1. The molecular weight excluding hydrogens is 294 g/mol. The molecule has 1 aliphatic rings. The van der Waals surface area contributed by atoms with Crippen LogP contribution >= 0.6 is 0 Å². The van der Waals surface area contributed by atoms with Gasteiger partial charge in [-0.2, -0.15) is 5.10 Å². The van der Waals surface area contributed by atoms with Crippen LogP contribution in [-0.2, 0) is 9.59 Å². The predicted octanol–water partition coefficient (Wildman–Crippen LogP) is 1.80. The first kappa shape index (κ1) is 15.3. The third-order valence-electron chi connectivity index (χ3n) is 4.29. The molecule has 1 N–H and O–H groups in total. The summed E-state index contributed by atoms with van der Waals surface area (Å²) in [5.74, 6) is -1.16. The van der Waals surface area contributed by atoms with E-state index in [1.54, 1.807) is 28.0 Å². The van der Waals surface area contributed by atoms with Crippen LogP contribution in [0.1, 0.15) is 24.4 Å². The Kier molecular flexibility index (Phi) is 4.41. The molecule has 0 radical (unpaired) electrons. The number of carbonyl (C=O) groups excluding carboxylic acids is 1. The molecule has 1 aliphatic heterocycles. The number of rotatable bonds is 4. The number of carboxylic acid groups (broad SMARTS) is 1. The summed E-state index contributed by atoms with van der Waals surface area (Å²) in [5.41, 5.74) is 0.876. The second kappa shape index (κ2) is 6.64. The van der Waals surface area contributed by atoms with E-state index in [0.717, 1.165) is 5.56 Å². The molecule has 1 saturated heterocycles. The van der Waals surface area contributed by atoms with Gasteiger partial charge in [0.25, 0.3) is 5.91 Å². The maximum Gasteiger partial charge on any atom is 0.306 e. The number of likely N-dealkylation sites (tertiary alicyclic amines) is 1. The number of aromatic nitrogens is 2. The number of aliphatic carboxylic acids is 1. The van der Waals surface area contributed by atoms with E-state index in [9.17, 15) is 9.59 Å². The third-order valence-corrected chi connectivity index (χ3v) is 4.29. The summed E-state index contributed by atoms with van der Waals surface area (Å²) in [6, 6.07) is 10.8. The summed E-state index contributed by atoms with van der Waals surface area (Å²) in [4.78, 5) is 25.8. The van der Waals surface area contributed by atoms with Gasteiger partial charge < -0.3 is 10.0 Å². The van der Waals surface area contributed by atoms with Gasteiger partial charge in [-0.05, 0) is 24.5 Å². The zero-order valence-electron chi connectivity index (χ0n) is 12.7. The van der Waals surface area contributed by atoms with Gasteiger partial charge >= 0.3 is 5.97 Å². The Hall–Kier alpha value is -2.63. The van der Waals surface area contributed by atoms with E-state index >= 15 is 0 Å². The minimum atomic E-state index is -0.774. The lowest BCUT2D eigenvalue weighted by molar-refractivity contribution is -0.146. The minimum Gasteiger partial charge on any atom is -0.481 e. The maximum absolute atomic E-state index is 13.0. The van der Waals surface area contributed by atoms with Crippen molar-refractivity contribution in [3.8, 4) is 0 Å². The zero-order chi connectivity index (χ0) is 16.2. The van der Waals surface area contributed by atoms with E-state index in [2.05, 4.69) is 5.10 Å². The molecule has 2 heterocycles. The van der Waals surface area contributed by atoms with E-state index < -0.39 is 12.0 Å². The van der Waals surface area contributed by atoms with Gasteiger partial charge in [-0.1, -0.05) is 30.3 Å². The highest BCUT2D eigenvalue weighted by Crippen LogP contribution is 2.24. The maximum atomic E-state index is 13.0. The number of carbonyl (C=O) groups is 2. The molecule has 1 atom stereocenters. The second-order valence-corrected chi connectivity index (χ2v) is 5.74. The van der Waals surface area contributed by atoms with Crippen LogP contribution in [0.15, 0.2) is 48.8 Å². The van der Waals surface area contributed by atoms with Gasteiger partial charge in [-0.25, -0.2) is 0 Å². The number of carboxylic acids is 1. The molecule has 0 bridgehead atoms. The Morgan fingerprint density at radius 1 is 1.13 bits per heavy atom. The molecule has 0 saturated carbocycles. The van der Waals surface area contributed by atoms with Crippen LogP contribution in [0.3, 0.4) is 0 Å². The second-order valence-electron chi connectivity index (χ2n) is 5.74. The number of nitrogens with zero attached hydrogens (tertiary/aromatic N) is 3. The highest BCUT2D eigenvalue weighted by atomic mass is 16.4. The molecule has 6 nitrogen and oxygen atoms in total. The molecular formula is C17H19N3O3. The van der Waals surface area contributed by atoms with E-state index in [0.29, 0.717) is 25.9 Å². The number of hydrogen-bond acceptors (Lipinski definition) is 3. The lowest BCUT2D eigenvalue weighted by atomic mass is 9.96. The Labute approximate surface area is 134 Å². The summed E-state index contributed by atoms with van der Waals surface area (Å²) in [6.45, 7) is 0.945. The Morgan fingerprint density at radius 3 is 2.39 bits per heavy atom. The number of hydrogen-bond donors (Lipinski definition) is 1. The predicted molar refractivity (Wildman–Crippen MR) is 83.7 cm³/mol. The summed E-state index contributed by atoms with van der Waals surface area (Å²) in [7, 11) is 0. The van der Waals surface area contributed by atoms with Crippen molar-refractivity contribution >= 4 is 11.9 Å². The van der Waals surface area contributed by atoms with Crippen molar-refractivity contribution in [3.63, 3.8) is 0 Å². The van der Waals surface area contributed by atoms with E-state index in [-0.39, 0.29) is 11.8 Å². The van der Waals surface area contributed by atoms with Gasteiger partial charge in [0.05, 0.1) is 5.92 Å². The van der Waals surface area contributed by atoms with Crippen LogP contribution in [0.2, 0.25) is 0 Å². The number of piperidine rings is 1. The molecule has 6 heteroatoms. The number of amides is 1. The first-order chi connectivity index (χ1) is 11.2. The topological polar surface area (TPSA) is 75.4 Å². The van der Waals surface area contributed by atoms with Crippen molar-refractivity contribution in [3.05, 3.63) is 54.4 Å². The molecule has 0 aliphatic carbocycles. The van der Waals surface area contributed by atoms with Crippen LogP contribution in [0, 0.1) is 5.92 Å². The average Bonchev–Trinajstić information content (AvgIpc) is 3.10. The Morgan fingerprint density at radius 2 is 1.83 bits per heavy atom. The lowest BCUT2D eigenvalue weighted by Crippen LogP contribution is -2.44. The van der Waals surface area contributed by atoms with E-state index in [1.807, 2.05) is 30.3 Å². The van der Waals surface area contributed by atoms with Gasteiger partial charge in [0.15, 0.2) is 6.04 Å².